The van der Waals surface area contributed by atoms with E-state index < -0.39 is 27.5 Å². The number of piperidine rings is 1. The Morgan fingerprint density at radius 2 is 1.73 bits per heavy atom. The third kappa shape index (κ3) is 6.01. The summed E-state index contributed by atoms with van der Waals surface area (Å²) >= 11 is 0. The zero-order valence-electron chi connectivity index (χ0n) is 18.3. The molecule has 1 N–H and O–H groups in total. The Labute approximate surface area is 177 Å². The number of rotatable bonds is 5. The molecular weight excluding hydrogens is 412 g/mol. The predicted molar refractivity (Wildman–Crippen MR) is 112 cm³/mol. The zero-order valence-corrected chi connectivity index (χ0v) is 19.1. The summed E-state index contributed by atoms with van der Waals surface area (Å²) in [5.74, 6) is -0.443. The number of ether oxygens (including phenoxy) is 3. The lowest BCUT2D eigenvalue weighted by Crippen LogP contribution is -2.46. The minimum absolute atomic E-state index is 0.0299. The van der Waals surface area contributed by atoms with Gasteiger partial charge in [0, 0.05) is 31.5 Å². The van der Waals surface area contributed by atoms with Crippen molar-refractivity contribution in [3.05, 3.63) is 17.7 Å². The second kappa shape index (κ2) is 9.11. The number of sulfone groups is 1. The first-order chi connectivity index (χ1) is 13.9. The van der Waals surface area contributed by atoms with Crippen LogP contribution in [-0.2, 0) is 19.3 Å². The van der Waals surface area contributed by atoms with Gasteiger partial charge >= 0.3 is 12.1 Å². The minimum atomic E-state index is -3.62. The highest BCUT2D eigenvalue weighted by Gasteiger charge is 2.28. The van der Waals surface area contributed by atoms with Crippen molar-refractivity contribution in [3.63, 3.8) is 0 Å². The van der Waals surface area contributed by atoms with Crippen LogP contribution in [0.3, 0.4) is 0 Å². The Morgan fingerprint density at radius 3 is 2.20 bits per heavy atom. The van der Waals surface area contributed by atoms with Crippen molar-refractivity contribution < 1.29 is 32.2 Å². The first kappa shape index (κ1) is 23.8. The molecule has 0 bridgehead atoms. The van der Waals surface area contributed by atoms with Crippen molar-refractivity contribution in [3.8, 4) is 5.75 Å². The quantitative estimate of drug-likeness (QED) is 0.692. The number of hydrogen-bond donors (Lipinski definition) is 1. The maximum Gasteiger partial charge on any atom is 0.407 e. The number of alkyl carbamates (subject to hydrolysis) is 1. The molecule has 0 aromatic heterocycles. The number of carbonyl (C=O) groups is 2. The normalized spacial score (nSPS) is 15.5. The molecule has 0 saturated carbocycles. The molecule has 1 amide bonds. The van der Waals surface area contributed by atoms with E-state index in [0.717, 1.165) is 6.26 Å². The van der Waals surface area contributed by atoms with Gasteiger partial charge in [0.05, 0.1) is 24.8 Å². The first-order valence-electron chi connectivity index (χ1n) is 9.60. The van der Waals surface area contributed by atoms with E-state index in [4.69, 9.17) is 14.2 Å². The standard InChI is InChI=1S/C20H30N2O7S/c1-20(2,3)29-19(24)21-13-7-9-22(10-8-13)15-12-16(27-4)14(18(23)28-5)11-17(15)30(6,25)26/h11-13H,7-10H2,1-6H3,(H,21,24). The van der Waals surface area contributed by atoms with Gasteiger partial charge in [-0.3, -0.25) is 0 Å². The van der Waals surface area contributed by atoms with Gasteiger partial charge in [-0.05, 0) is 39.7 Å². The highest BCUT2D eigenvalue weighted by atomic mass is 32.2. The number of hydrogen-bond acceptors (Lipinski definition) is 8. The number of methoxy groups -OCH3 is 2. The summed E-state index contributed by atoms with van der Waals surface area (Å²) < 4.78 is 40.1. The SMILES string of the molecule is COC(=O)c1cc(S(C)(=O)=O)c(N2CCC(NC(=O)OC(C)(C)C)CC2)cc1OC. The Kier molecular flexibility index (Phi) is 7.23. The van der Waals surface area contributed by atoms with Crippen LogP contribution in [-0.4, -0.2) is 65.7 Å². The average molecular weight is 443 g/mol. The molecule has 1 aromatic rings. The van der Waals surface area contributed by atoms with E-state index in [1.54, 1.807) is 26.8 Å². The number of anilines is 1. The number of esters is 1. The maximum absolute atomic E-state index is 12.4. The van der Waals surface area contributed by atoms with Gasteiger partial charge in [-0.2, -0.15) is 0 Å². The molecule has 0 unspecified atom stereocenters. The molecule has 1 heterocycles. The Balaban J connectivity index is 2.24. The summed E-state index contributed by atoms with van der Waals surface area (Å²) in [5.41, 5.74) is -0.0732. The topological polar surface area (TPSA) is 111 Å². The average Bonchev–Trinajstić information content (AvgIpc) is 2.64. The zero-order chi connectivity index (χ0) is 22.7. The highest BCUT2D eigenvalue weighted by Crippen LogP contribution is 2.35. The molecule has 9 nitrogen and oxygen atoms in total. The predicted octanol–water partition coefficient (Wildman–Crippen LogP) is 2.38. The summed E-state index contributed by atoms with van der Waals surface area (Å²) in [4.78, 5) is 26.0. The van der Waals surface area contributed by atoms with E-state index in [-0.39, 0.29) is 22.3 Å². The molecule has 168 valence electrons. The van der Waals surface area contributed by atoms with Gasteiger partial charge in [-0.15, -0.1) is 0 Å². The third-order valence-corrected chi connectivity index (χ3v) is 5.77. The van der Waals surface area contributed by atoms with E-state index in [2.05, 4.69) is 5.32 Å². The van der Waals surface area contributed by atoms with Crippen LogP contribution in [0.1, 0.15) is 44.0 Å². The fraction of sp³-hybridized carbons (Fsp3) is 0.600. The molecule has 0 aliphatic carbocycles. The fourth-order valence-electron chi connectivity index (χ4n) is 3.27. The van der Waals surface area contributed by atoms with Crippen LogP contribution in [0.5, 0.6) is 5.75 Å². The summed E-state index contributed by atoms with van der Waals surface area (Å²) in [6, 6.07) is 2.76. The molecule has 1 saturated heterocycles. The molecule has 1 aliphatic rings. The molecular formula is C20H30N2O7S. The van der Waals surface area contributed by atoms with Crippen LogP contribution >= 0.6 is 0 Å². The van der Waals surface area contributed by atoms with Gasteiger partial charge in [-0.25, -0.2) is 18.0 Å². The fourth-order valence-corrected chi connectivity index (χ4v) is 4.17. The lowest BCUT2D eigenvalue weighted by molar-refractivity contribution is 0.0496. The summed E-state index contributed by atoms with van der Waals surface area (Å²) in [6.07, 6.45) is 1.85. The monoisotopic (exact) mass is 442 g/mol. The van der Waals surface area contributed by atoms with E-state index in [1.807, 2.05) is 4.90 Å². The van der Waals surface area contributed by atoms with Crippen LogP contribution in [0, 0.1) is 0 Å². The van der Waals surface area contributed by atoms with E-state index in [1.165, 1.54) is 20.3 Å². The van der Waals surface area contributed by atoms with Gasteiger partial charge in [0.1, 0.15) is 16.9 Å². The molecule has 10 heteroatoms. The van der Waals surface area contributed by atoms with Crippen molar-refractivity contribution in [1.82, 2.24) is 5.32 Å². The number of nitrogens with zero attached hydrogens (tertiary/aromatic N) is 1. The number of benzene rings is 1. The number of nitrogens with one attached hydrogen (secondary N) is 1. The molecule has 1 aromatic carbocycles. The second-order valence-corrected chi connectivity index (χ2v) is 10.2. The van der Waals surface area contributed by atoms with Crippen molar-refractivity contribution in [2.75, 3.05) is 38.5 Å². The van der Waals surface area contributed by atoms with Gasteiger partial charge in [-0.1, -0.05) is 0 Å². The van der Waals surface area contributed by atoms with Crippen LogP contribution < -0.4 is 15.0 Å². The molecule has 2 rings (SSSR count). The van der Waals surface area contributed by atoms with Gasteiger partial charge in [0.2, 0.25) is 0 Å². The maximum atomic E-state index is 12.4. The van der Waals surface area contributed by atoms with Gasteiger partial charge in [0.15, 0.2) is 9.84 Å². The molecule has 0 radical (unpaired) electrons. The van der Waals surface area contributed by atoms with Crippen LogP contribution in [0.4, 0.5) is 10.5 Å². The smallest absolute Gasteiger partial charge is 0.407 e. The highest BCUT2D eigenvalue weighted by molar-refractivity contribution is 7.90. The van der Waals surface area contributed by atoms with Crippen LogP contribution in [0.15, 0.2) is 17.0 Å². The van der Waals surface area contributed by atoms with E-state index in [0.29, 0.717) is 31.6 Å². The second-order valence-electron chi connectivity index (χ2n) is 8.19. The van der Waals surface area contributed by atoms with Gasteiger partial charge in [0.25, 0.3) is 0 Å². The van der Waals surface area contributed by atoms with E-state index in [9.17, 15) is 18.0 Å². The minimum Gasteiger partial charge on any atom is -0.496 e. The van der Waals surface area contributed by atoms with Crippen molar-refractivity contribution in [2.24, 2.45) is 0 Å². The summed E-state index contributed by atoms with van der Waals surface area (Å²) in [6.45, 7) is 6.43. The summed E-state index contributed by atoms with van der Waals surface area (Å²) in [5, 5.41) is 2.85. The Morgan fingerprint density at radius 1 is 1.13 bits per heavy atom. The van der Waals surface area contributed by atoms with Crippen LogP contribution in [0.2, 0.25) is 0 Å². The lowest BCUT2D eigenvalue weighted by atomic mass is 10.0. The lowest BCUT2D eigenvalue weighted by Gasteiger charge is -2.35. The molecule has 1 fully saturated rings. The largest absolute Gasteiger partial charge is 0.496 e. The first-order valence-corrected chi connectivity index (χ1v) is 11.5. The molecule has 30 heavy (non-hydrogen) atoms. The number of amides is 1. The van der Waals surface area contributed by atoms with Crippen molar-refractivity contribution in [1.29, 1.82) is 0 Å². The third-order valence-electron chi connectivity index (χ3n) is 4.64. The molecule has 0 atom stereocenters. The molecule has 0 spiro atoms. The molecule has 1 aliphatic heterocycles. The Hall–Kier alpha value is -2.49. The number of carbonyl (C=O) groups excluding carboxylic acids is 2. The van der Waals surface area contributed by atoms with Crippen molar-refractivity contribution in [2.45, 2.75) is 50.2 Å². The van der Waals surface area contributed by atoms with Crippen LogP contribution in [0.25, 0.3) is 0 Å². The Bertz CT molecular complexity index is 898. The van der Waals surface area contributed by atoms with E-state index >= 15 is 0 Å². The summed E-state index contributed by atoms with van der Waals surface area (Å²) in [7, 11) is -0.994. The van der Waals surface area contributed by atoms with Crippen molar-refractivity contribution >= 4 is 27.6 Å². The van der Waals surface area contributed by atoms with Gasteiger partial charge < -0.3 is 24.4 Å².